The number of para-hydroxylation sites is 1. The molecule has 3 aromatic carbocycles. The molecule has 3 aromatic rings. The zero-order chi connectivity index (χ0) is 25.6. The van der Waals surface area contributed by atoms with Crippen LogP contribution in [-0.2, 0) is 6.42 Å². The van der Waals surface area contributed by atoms with Crippen molar-refractivity contribution in [3.8, 4) is 0 Å². The van der Waals surface area contributed by atoms with Crippen LogP contribution in [0, 0.1) is 0 Å². The Balaban J connectivity index is 1.14. The molecule has 0 aromatic heterocycles. The number of rotatable bonds is 5. The van der Waals surface area contributed by atoms with Crippen molar-refractivity contribution in [2.45, 2.75) is 72.5 Å². The smallest absolute Gasteiger partial charge is 0.253 e. The lowest BCUT2D eigenvalue weighted by molar-refractivity contribution is 0.0764. The van der Waals surface area contributed by atoms with Gasteiger partial charge >= 0.3 is 0 Å². The molecule has 196 valence electrons. The molecule has 1 N–H and O–H groups in total. The summed E-state index contributed by atoms with van der Waals surface area (Å²) in [4.78, 5) is 22.8. The van der Waals surface area contributed by atoms with Gasteiger partial charge in [-0.3, -0.25) is 9.69 Å². The first-order chi connectivity index (χ1) is 18.6. The minimum absolute atomic E-state index is 0.0279. The summed E-state index contributed by atoms with van der Waals surface area (Å²) < 4.78 is 0. The molecule has 4 aliphatic rings. The first-order valence-corrected chi connectivity index (χ1v) is 14.9. The summed E-state index contributed by atoms with van der Waals surface area (Å²) in [7, 11) is 0. The molecule has 0 spiro atoms. The van der Waals surface area contributed by atoms with E-state index in [4.69, 9.17) is 0 Å². The molecule has 2 bridgehead atoms. The second-order valence-corrected chi connectivity index (χ2v) is 12.4. The highest BCUT2D eigenvalue weighted by Gasteiger charge is 2.43. The lowest BCUT2D eigenvalue weighted by Crippen LogP contribution is -2.50. The third-order valence-corrected chi connectivity index (χ3v) is 10.1. The van der Waals surface area contributed by atoms with Gasteiger partial charge in [0.05, 0.1) is 17.5 Å². The number of amides is 1. The fraction of sp³-hybridized carbons (Fsp3) is 0.406. The van der Waals surface area contributed by atoms with Gasteiger partial charge < -0.3 is 14.9 Å². The lowest BCUT2D eigenvalue weighted by atomic mass is 9.94. The van der Waals surface area contributed by atoms with Crippen molar-refractivity contribution in [1.29, 1.82) is 0 Å². The SMILES string of the molecule is O=C(c1ccc2c(c1)Sc1ccccc1N2C1CC2CCC(C1)N2CCc1ccccc1)N1CCC(O)C1. The van der Waals surface area contributed by atoms with Gasteiger partial charge in [-0.05, 0) is 74.4 Å². The zero-order valence-electron chi connectivity index (χ0n) is 21.7. The number of carbonyl (C=O) groups excluding carboxylic acids is 1. The van der Waals surface area contributed by atoms with Gasteiger partial charge in [-0.15, -0.1) is 0 Å². The highest BCUT2D eigenvalue weighted by molar-refractivity contribution is 7.99. The molecule has 4 heterocycles. The maximum atomic E-state index is 13.2. The van der Waals surface area contributed by atoms with Gasteiger partial charge in [0.2, 0.25) is 0 Å². The van der Waals surface area contributed by atoms with Crippen LogP contribution in [0.15, 0.2) is 82.6 Å². The number of likely N-dealkylation sites (tertiary alicyclic amines) is 1. The van der Waals surface area contributed by atoms with E-state index < -0.39 is 6.10 Å². The third kappa shape index (κ3) is 4.42. The standard InChI is InChI=1S/C32H35N3O2S/c36-27-15-16-33(21-27)32(37)23-10-13-29-31(18-23)38-30-9-5-4-8-28(30)35(29)26-19-24-11-12-25(20-26)34(24)17-14-22-6-2-1-3-7-22/h1-10,13,18,24-27,36H,11-12,14-17,19-21H2. The molecule has 0 radical (unpaired) electrons. The topological polar surface area (TPSA) is 47.0 Å². The van der Waals surface area contributed by atoms with Crippen LogP contribution in [0.2, 0.25) is 0 Å². The fourth-order valence-corrected chi connectivity index (χ4v) is 8.26. The van der Waals surface area contributed by atoms with Gasteiger partial charge in [0, 0.05) is 53.1 Å². The van der Waals surface area contributed by atoms with E-state index in [2.05, 4.69) is 76.5 Å². The van der Waals surface area contributed by atoms with Crippen LogP contribution in [0.3, 0.4) is 0 Å². The van der Waals surface area contributed by atoms with Crippen LogP contribution in [0.25, 0.3) is 0 Å². The molecular formula is C32H35N3O2S. The molecular weight excluding hydrogens is 490 g/mol. The number of aliphatic hydroxyl groups is 1. The summed E-state index contributed by atoms with van der Waals surface area (Å²) in [5, 5.41) is 9.93. The number of piperidine rings is 1. The molecule has 3 saturated heterocycles. The van der Waals surface area contributed by atoms with Crippen LogP contribution >= 0.6 is 11.8 Å². The molecule has 7 rings (SSSR count). The number of nitrogens with zero attached hydrogens (tertiary/aromatic N) is 3. The number of fused-ring (bicyclic) bond motifs is 4. The largest absolute Gasteiger partial charge is 0.391 e. The van der Waals surface area contributed by atoms with Crippen molar-refractivity contribution < 1.29 is 9.90 Å². The summed E-state index contributed by atoms with van der Waals surface area (Å²) in [6.07, 6.45) is 6.33. The number of β-amino-alcohol motifs (C(OH)–C–C–N with tert-alkyl or cyclic N) is 1. The highest BCUT2D eigenvalue weighted by atomic mass is 32.2. The molecule has 1 amide bonds. The average molecular weight is 526 g/mol. The van der Waals surface area contributed by atoms with Crippen molar-refractivity contribution in [2.24, 2.45) is 0 Å². The van der Waals surface area contributed by atoms with Crippen molar-refractivity contribution in [3.63, 3.8) is 0 Å². The minimum atomic E-state index is -0.401. The molecule has 4 aliphatic heterocycles. The average Bonchev–Trinajstić information content (AvgIpc) is 3.49. The lowest BCUT2D eigenvalue weighted by Gasteiger charge is -2.46. The third-order valence-electron chi connectivity index (χ3n) is 8.99. The van der Waals surface area contributed by atoms with E-state index in [1.807, 2.05) is 6.07 Å². The number of anilines is 2. The van der Waals surface area contributed by atoms with E-state index >= 15 is 0 Å². The Morgan fingerprint density at radius 1 is 0.842 bits per heavy atom. The Morgan fingerprint density at radius 3 is 2.34 bits per heavy atom. The summed E-state index contributed by atoms with van der Waals surface area (Å²) in [5.74, 6) is 0.0279. The monoisotopic (exact) mass is 525 g/mol. The number of hydrogen-bond acceptors (Lipinski definition) is 5. The van der Waals surface area contributed by atoms with E-state index in [0.717, 1.165) is 23.4 Å². The first kappa shape index (κ1) is 24.3. The molecule has 3 atom stereocenters. The second kappa shape index (κ2) is 10.1. The Labute approximate surface area is 229 Å². The summed E-state index contributed by atoms with van der Waals surface area (Å²) in [6, 6.07) is 27.6. The van der Waals surface area contributed by atoms with E-state index in [-0.39, 0.29) is 5.91 Å². The molecule has 0 aliphatic carbocycles. The van der Waals surface area contributed by atoms with Crippen molar-refractivity contribution in [1.82, 2.24) is 9.80 Å². The maximum absolute atomic E-state index is 13.2. The summed E-state index contributed by atoms with van der Waals surface area (Å²) in [5.41, 5.74) is 4.68. The van der Waals surface area contributed by atoms with E-state index in [1.165, 1.54) is 47.5 Å². The zero-order valence-corrected chi connectivity index (χ0v) is 22.5. The summed E-state index contributed by atoms with van der Waals surface area (Å²) in [6.45, 7) is 2.21. The Hall–Kier alpha value is -2.80. The number of hydrogen-bond donors (Lipinski definition) is 1. The maximum Gasteiger partial charge on any atom is 0.253 e. The summed E-state index contributed by atoms with van der Waals surface area (Å²) >= 11 is 1.78. The molecule has 0 saturated carbocycles. The van der Waals surface area contributed by atoms with Gasteiger partial charge in [-0.25, -0.2) is 0 Å². The predicted molar refractivity (Wildman–Crippen MR) is 152 cm³/mol. The van der Waals surface area contributed by atoms with Crippen LogP contribution in [0.4, 0.5) is 11.4 Å². The second-order valence-electron chi connectivity index (χ2n) is 11.3. The van der Waals surface area contributed by atoms with Crippen molar-refractivity contribution in [3.05, 3.63) is 83.9 Å². The van der Waals surface area contributed by atoms with Crippen LogP contribution in [0.5, 0.6) is 0 Å². The Bertz CT molecular complexity index is 1320. The van der Waals surface area contributed by atoms with E-state index in [0.29, 0.717) is 37.6 Å². The van der Waals surface area contributed by atoms with E-state index in [1.54, 1.807) is 16.7 Å². The molecule has 3 fully saturated rings. The van der Waals surface area contributed by atoms with Gasteiger partial charge in [0.1, 0.15) is 0 Å². The van der Waals surface area contributed by atoms with Gasteiger partial charge in [0.25, 0.3) is 5.91 Å². The van der Waals surface area contributed by atoms with Crippen LogP contribution < -0.4 is 4.90 Å². The van der Waals surface area contributed by atoms with Gasteiger partial charge in [0.15, 0.2) is 0 Å². The van der Waals surface area contributed by atoms with Gasteiger partial charge in [-0.2, -0.15) is 0 Å². The quantitative estimate of drug-likeness (QED) is 0.461. The minimum Gasteiger partial charge on any atom is -0.391 e. The number of aliphatic hydroxyl groups excluding tert-OH is 1. The highest BCUT2D eigenvalue weighted by Crippen LogP contribution is 2.52. The van der Waals surface area contributed by atoms with Crippen LogP contribution in [0.1, 0.15) is 48.0 Å². The first-order valence-electron chi connectivity index (χ1n) is 14.1. The van der Waals surface area contributed by atoms with Crippen molar-refractivity contribution >= 4 is 29.0 Å². The molecule has 38 heavy (non-hydrogen) atoms. The number of benzene rings is 3. The normalized spacial score (nSPS) is 26.3. The van der Waals surface area contributed by atoms with Gasteiger partial charge in [-0.1, -0.05) is 54.2 Å². The number of carbonyl (C=O) groups is 1. The Morgan fingerprint density at radius 2 is 1.58 bits per heavy atom. The predicted octanol–water partition coefficient (Wildman–Crippen LogP) is 5.73. The van der Waals surface area contributed by atoms with Crippen LogP contribution in [-0.4, -0.2) is 64.7 Å². The molecule has 3 unspecified atom stereocenters. The fourth-order valence-electron chi connectivity index (χ4n) is 7.15. The Kier molecular flexibility index (Phi) is 6.42. The van der Waals surface area contributed by atoms with E-state index in [9.17, 15) is 9.90 Å². The van der Waals surface area contributed by atoms with Crippen molar-refractivity contribution in [2.75, 3.05) is 24.5 Å². The molecule has 6 heteroatoms. The molecule has 5 nitrogen and oxygen atoms in total.